The first-order valence-electron chi connectivity index (χ1n) is 7.38. The van der Waals surface area contributed by atoms with Crippen molar-refractivity contribution >= 4 is 19.8 Å². The molecule has 2 aromatic carbocycles. The second-order valence-corrected chi connectivity index (χ2v) is 9.63. The Kier molecular flexibility index (Phi) is 10.6. The van der Waals surface area contributed by atoms with Crippen LogP contribution < -0.4 is 0 Å². The largest absolute Gasteiger partial charge is 4.00 e. The van der Waals surface area contributed by atoms with E-state index in [1.807, 2.05) is 0 Å². The minimum Gasteiger partial charge on any atom is -0.699 e. The zero-order valence-electron chi connectivity index (χ0n) is 16.4. The van der Waals surface area contributed by atoms with Crippen LogP contribution in [0.25, 0.3) is 9.96 Å². The minimum atomic E-state index is -2.06. The number of rotatable bonds is 4. The van der Waals surface area contributed by atoms with Crippen LogP contribution in [0, 0.1) is 42.5 Å². The number of aryl methyl sites for hydroxylation is 4. The Morgan fingerprint density at radius 2 is 0.875 bits per heavy atom. The van der Waals surface area contributed by atoms with Crippen LogP contribution in [0.1, 0.15) is 22.3 Å². The van der Waals surface area contributed by atoms with Gasteiger partial charge in [0.05, 0.1) is 0 Å². The van der Waals surface area contributed by atoms with Crippen molar-refractivity contribution in [1.29, 1.82) is 0 Å². The second kappa shape index (κ2) is 10.1. The zero-order chi connectivity index (χ0) is 15.6. The maximum atomic E-state index is 5.04. The molecular weight excluding hydrogens is 344 g/mol. The number of benzene rings is 2. The fourth-order valence-corrected chi connectivity index (χ4v) is 4.39. The van der Waals surface area contributed by atoms with Crippen molar-refractivity contribution < 1.29 is 21.7 Å². The summed E-state index contributed by atoms with van der Waals surface area (Å²) in [6, 6.07) is 12.6. The summed E-state index contributed by atoms with van der Waals surface area (Å²) in [7, 11) is -2.06. The van der Waals surface area contributed by atoms with Crippen LogP contribution in [-0.4, -0.2) is 8.40 Å². The molecule has 0 atom stereocenters. The van der Waals surface area contributed by atoms with Crippen LogP contribution in [0.3, 0.4) is 0 Å². The first kappa shape index (κ1) is 25.2. The third kappa shape index (κ3) is 6.12. The summed E-state index contributed by atoms with van der Waals surface area (Å²) in [6.07, 6.45) is 0. The van der Waals surface area contributed by atoms with Gasteiger partial charge in [-0.2, -0.15) is 0 Å². The van der Waals surface area contributed by atoms with Gasteiger partial charge in [0.25, 0.3) is 0 Å². The van der Waals surface area contributed by atoms with E-state index in [0.29, 0.717) is 0 Å². The van der Waals surface area contributed by atoms with Crippen LogP contribution in [0.2, 0.25) is 13.1 Å². The van der Waals surface area contributed by atoms with E-state index in [4.69, 9.17) is 9.96 Å². The molecule has 0 aliphatic rings. The van der Waals surface area contributed by atoms with E-state index in [-0.39, 0.29) is 36.6 Å². The number of hydrogen-bond donors (Lipinski definition) is 0. The predicted molar refractivity (Wildman–Crippen MR) is 108 cm³/mol. The van der Waals surface area contributed by atoms with E-state index in [1.165, 1.54) is 22.3 Å². The predicted octanol–water partition coefficient (Wildman–Crippen LogP) is 7.23. The van der Waals surface area contributed by atoms with Crippen LogP contribution >= 0.6 is 0 Å². The normalized spacial score (nSPS) is 9.92. The van der Waals surface area contributed by atoms with Gasteiger partial charge in [-0.15, -0.1) is 32.9 Å². The Morgan fingerprint density at radius 3 is 1.12 bits per heavy atom. The van der Waals surface area contributed by atoms with E-state index in [9.17, 15) is 0 Å². The first-order valence-corrected chi connectivity index (χ1v) is 10.3. The average molecular weight is 374 g/mol. The van der Waals surface area contributed by atoms with Gasteiger partial charge in [0.2, 0.25) is 0 Å². The summed E-state index contributed by atoms with van der Waals surface area (Å²) in [5, 5.41) is 0. The molecule has 0 aromatic heterocycles. The van der Waals surface area contributed by atoms with Crippen molar-refractivity contribution in [2.75, 3.05) is 0 Å². The summed E-state index contributed by atoms with van der Waals surface area (Å²) in [6.45, 7) is 12.9. The van der Waals surface area contributed by atoms with Gasteiger partial charge in [-0.25, -0.2) is 0 Å². The molecule has 0 unspecified atom stereocenters. The summed E-state index contributed by atoms with van der Waals surface area (Å²) in [5.41, 5.74) is 7.15. The third-order valence-electron chi connectivity index (χ3n) is 3.65. The molecule has 0 fully saturated rings. The molecule has 4 heteroatoms. The fourth-order valence-electron chi connectivity index (χ4n) is 2.54. The van der Waals surface area contributed by atoms with Crippen LogP contribution in [0.5, 0.6) is 0 Å². The molecule has 2 nitrogen and oxygen atoms in total. The third-order valence-corrected chi connectivity index (χ3v) is 5.19. The molecule has 0 N–H and O–H groups in total. The first-order chi connectivity index (χ1) is 9.80. The monoisotopic (exact) mass is 374 g/mol. The van der Waals surface area contributed by atoms with Gasteiger partial charge >= 0.3 is 21.7 Å². The molecule has 0 bridgehead atoms. The smallest absolute Gasteiger partial charge is 0.699 e. The Morgan fingerprint density at radius 1 is 0.625 bits per heavy atom. The minimum absolute atomic E-state index is 0. The van der Waals surface area contributed by atoms with Crippen molar-refractivity contribution in [3.63, 3.8) is 0 Å². The molecule has 0 saturated heterocycles. The van der Waals surface area contributed by atoms with E-state index in [1.54, 1.807) is 0 Å². The molecule has 0 amide bonds. The van der Waals surface area contributed by atoms with Gasteiger partial charge in [0, 0.05) is 0 Å². The summed E-state index contributed by atoms with van der Waals surface area (Å²) >= 11 is 0. The van der Waals surface area contributed by atoms with Crippen molar-refractivity contribution in [3.8, 4) is 0 Å². The molecule has 24 heavy (non-hydrogen) atoms. The van der Waals surface area contributed by atoms with Crippen molar-refractivity contribution in [2.45, 2.75) is 40.8 Å². The van der Waals surface area contributed by atoms with Crippen molar-refractivity contribution in [2.24, 2.45) is 0 Å². The second-order valence-electron chi connectivity index (χ2n) is 6.20. The maximum Gasteiger partial charge on any atom is 4.00 e. The van der Waals surface area contributed by atoms with Crippen LogP contribution in [-0.2, 0) is 21.7 Å². The number of hydrogen-bond acceptors (Lipinski definition) is 0. The van der Waals surface area contributed by atoms with Crippen molar-refractivity contribution in [1.82, 2.24) is 0 Å². The van der Waals surface area contributed by atoms with E-state index < -0.39 is 8.40 Å². The van der Waals surface area contributed by atoms with Gasteiger partial charge in [0.1, 0.15) is 0 Å². The average Bonchev–Trinajstić information content (AvgIpc) is 2.39. The topological polar surface area (TPSA) is 28.2 Å². The van der Waals surface area contributed by atoms with Gasteiger partial charge in [-0.05, 0) is 27.7 Å². The molecule has 2 rings (SSSR count). The molecule has 0 radical (unpaired) electrons. The summed E-state index contributed by atoms with van der Waals surface area (Å²) in [4.78, 5) is 10.1. The van der Waals surface area contributed by atoms with Crippen molar-refractivity contribution in [3.05, 3.63) is 83.5 Å². The van der Waals surface area contributed by atoms with Gasteiger partial charge in [-0.3, -0.25) is 0 Å². The summed E-state index contributed by atoms with van der Waals surface area (Å²) in [5.74, 6) is 0. The van der Waals surface area contributed by atoms with Crippen LogP contribution in [0.15, 0.2) is 36.4 Å². The molecule has 0 aliphatic carbocycles. The zero-order valence-corrected chi connectivity index (χ0v) is 18.9. The Hall–Kier alpha value is -1.03. The molecular formula is C20H30N2SiTi. The van der Waals surface area contributed by atoms with E-state index in [2.05, 4.69) is 77.2 Å². The van der Waals surface area contributed by atoms with Gasteiger partial charge in [0.15, 0.2) is 0 Å². The molecule has 128 valence electrons. The molecule has 0 saturated carbocycles. The Bertz CT molecular complexity index is 558. The maximum absolute atomic E-state index is 5.04. The van der Waals surface area contributed by atoms with Gasteiger partial charge < -0.3 is 24.8 Å². The van der Waals surface area contributed by atoms with Crippen LogP contribution in [0.4, 0.5) is 11.4 Å². The van der Waals surface area contributed by atoms with E-state index in [0.717, 1.165) is 11.4 Å². The number of nitrogens with zero attached hydrogens (tertiary/aromatic N) is 2. The molecule has 0 spiro atoms. The SMILES string of the molecule is Cc1cccc(C)c1[N-][Si](C)(C)[N-]c1c(C)cccc1C.[CH3-].[CH3-].[Ti+4]. The molecule has 2 aromatic rings. The Balaban J connectivity index is 0. The summed E-state index contributed by atoms with van der Waals surface area (Å²) < 4.78 is 0. The fraction of sp³-hybridized carbons (Fsp3) is 0.300. The van der Waals surface area contributed by atoms with Gasteiger partial charge in [-0.1, -0.05) is 58.7 Å². The molecule has 0 heterocycles. The quantitative estimate of drug-likeness (QED) is 0.399. The van der Waals surface area contributed by atoms with E-state index >= 15 is 0 Å². The standard InChI is InChI=1S/C18H24N2Si.2CH3.Ti/c1-13-9-7-10-14(2)17(13)19-21(5,6)20-18-15(3)11-8-12-16(18)4;;;/h7-12H,1-6H3;2*1H3;/q-2;2*-1;+4. The Labute approximate surface area is 165 Å². The molecule has 0 aliphatic heterocycles.